The van der Waals surface area contributed by atoms with Crippen molar-refractivity contribution in [3.63, 3.8) is 0 Å². The summed E-state index contributed by atoms with van der Waals surface area (Å²) in [7, 11) is 0. The van der Waals surface area contributed by atoms with Crippen LogP contribution in [0.2, 0.25) is 0 Å². The molecule has 1 saturated carbocycles. The van der Waals surface area contributed by atoms with E-state index in [9.17, 15) is 5.11 Å². The van der Waals surface area contributed by atoms with Crippen molar-refractivity contribution in [3.05, 3.63) is 59.7 Å². The molecule has 1 aliphatic carbocycles. The molecule has 2 aromatic rings. The molecule has 3 rings (SSSR count). The van der Waals surface area contributed by atoms with Crippen LogP contribution in [0.1, 0.15) is 49.1 Å². The molecule has 0 bridgehead atoms. The minimum absolute atomic E-state index is 0.0787. The van der Waals surface area contributed by atoms with E-state index in [1.807, 2.05) is 42.7 Å². The van der Waals surface area contributed by atoms with Gasteiger partial charge in [-0.05, 0) is 50.2 Å². The van der Waals surface area contributed by atoms with Crippen LogP contribution in [0.3, 0.4) is 0 Å². The van der Waals surface area contributed by atoms with Crippen LogP contribution in [0.25, 0.3) is 0 Å². The molecule has 0 saturated heterocycles. The van der Waals surface area contributed by atoms with Crippen LogP contribution in [-0.2, 0) is 6.42 Å². The molecular formula is C20H22N2O. The van der Waals surface area contributed by atoms with Crippen molar-refractivity contribution in [2.75, 3.05) is 0 Å². The lowest BCUT2D eigenvalue weighted by molar-refractivity contribution is 0.106. The van der Waals surface area contributed by atoms with Crippen LogP contribution in [0, 0.1) is 17.8 Å². The Kier molecular flexibility index (Phi) is 5.39. The van der Waals surface area contributed by atoms with Gasteiger partial charge in [0.05, 0.1) is 11.7 Å². The van der Waals surface area contributed by atoms with Gasteiger partial charge in [-0.3, -0.25) is 0 Å². The fraction of sp³-hybridized carbons (Fsp3) is 0.400. The molecule has 118 valence electrons. The van der Waals surface area contributed by atoms with Gasteiger partial charge in [-0.25, -0.2) is 9.97 Å². The Morgan fingerprint density at radius 1 is 0.913 bits per heavy atom. The fourth-order valence-corrected chi connectivity index (χ4v) is 2.98. The zero-order chi connectivity index (χ0) is 15.9. The Morgan fingerprint density at radius 3 is 2.26 bits per heavy atom. The quantitative estimate of drug-likeness (QED) is 0.885. The average Bonchev–Trinajstić information content (AvgIpc) is 2.61. The summed E-state index contributed by atoms with van der Waals surface area (Å²) in [5, 5.41) is 9.54. The standard InChI is InChI=1S/C20H22N2O/c23-19-11-8-17(9-12-19)10-13-20-21-14-18(15-22-20)7-6-16-4-2-1-3-5-16/h1-5,14-15,17,19,23H,8-13H2. The molecular weight excluding hydrogens is 284 g/mol. The minimum atomic E-state index is -0.0787. The van der Waals surface area contributed by atoms with Crippen molar-refractivity contribution in [3.8, 4) is 11.8 Å². The van der Waals surface area contributed by atoms with Crippen LogP contribution >= 0.6 is 0 Å². The molecule has 1 aliphatic rings. The van der Waals surface area contributed by atoms with E-state index in [2.05, 4.69) is 21.8 Å². The number of aliphatic hydroxyl groups excluding tert-OH is 1. The van der Waals surface area contributed by atoms with Crippen LogP contribution in [0.5, 0.6) is 0 Å². The molecule has 0 spiro atoms. The van der Waals surface area contributed by atoms with Gasteiger partial charge in [-0.2, -0.15) is 0 Å². The van der Waals surface area contributed by atoms with Crippen LogP contribution in [0.4, 0.5) is 0 Å². The molecule has 0 aliphatic heterocycles. The number of aliphatic hydroxyl groups is 1. The van der Waals surface area contributed by atoms with E-state index in [1.165, 1.54) is 0 Å². The summed E-state index contributed by atoms with van der Waals surface area (Å²) < 4.78 is 0. The van der Waals surface area contributed by atoms with Crippen molar-refractivity contribution < 1.29 is 5.11 Å². The number of benzene rings is 1. The predicted molar refractivity (Wildman–Crippen MR) is 90.7 cm³/mol. The van der Waals surface area contributed by atoms with E-state index in [-0.39, 0.29) is 6.10 Å². The molecule has 1 heterocycles. The van der Waals surface area contributed by atoms with Crippen LogP contribution in [-0.4, -0.2) is 21.2 Å². The molecule has 1 fully saturated rings. The highest BCUT2D eigenvalue weighted by atomic mass is 16.3. The highest BCUT2D eigenvalue weighted by Crippen LogP contribution is 2.27. The fourth-order valence-electron chi connectivity index (χ4n) is 2.98. The minimum Gasteiger partial charge on any atom is -0.393 e. The molecule has 0 atom stereocenters. The second-order valence-electron chi connectivity index (χ2n) is 6.22. The normalized spacial score (nSPS) is 20.6. The van der Waals surface area contributed by atoms with Gasteiger partial charge in [0.15, 0.2) is 0 Å². The third kappa shape index (κ3) is 4.91. The Morgan fingerprint density at radius 2 is 1.57 bits per heavy atom. The van der Waals surface area contributed by atoms with Gasteiger partial charge in [0, 0.05) is 24.4 Å². The highest BCUT2D eigenvalue weighted by molar-refractivity contribution is 5.40. The number of aryl methyl sites for hydroxylation is 1. The molecule has 1 aromatic heterocycles. The Labute approximate surface area is 137 Å². The maximum Gasteiger partial charge on any atom is 0.128 e. The van der Waals surface area contributed by atoms with Gasteiger partial charge in [0.2, 0.25) is 0 Å². The Balaban J connectivity index is 1.52. The first-order valence-electron chi connectivity index (χ1n) is 8.35. The van der Waals surface area contributed by atoms with Gasteiger partial charge in [0.25, 0.3) is 0 Å². The number of nitrogens with zero attached hydrogens (tertiary/aromatic N) is 2. The summed E-state index contributed by atoms with van der Waals surface area (Å²) >= 11 is 0. The van der Waals surface area contributed by atoms with E-state index in [0.717, 1.165) is 55.5 Å². The van der Waals surface area contributed by atoms with Gasteiger partial charge >= 0.3 is 0 Å². The zero-order valence-electron chi connectivity index (χ0n) is 13.3. The number of rotatable bonds is 3. The number of hydrogen-bond acceptors (Lipinski definition) is 3. The van der Waals surface area contributed by atoms with Gasteiger partial charge in [-0.1, -0.05) is 30.0 Å². The molecule has 0 unspecified atom stereocenters. The lowest BCUT2D eigenvalue weighted by Gasteiger charge is -2.24. The molecule has 23 heavy (non-hydrogen) atoms. The zero-order valence-corrected chi connectivity index (χ0v) is 13.3. The van der Waals surface area contributed by atoms with Gasteiger partial charge in [0.1, 0.15) is 5.82 Å². The van der Waals surface area contributed by atoms with E-state index in [0.29, 0.717) is 5.92 Å². The van der Waals surface area contributed by atoms with Crippen molar-refractivity contribution in [2.24, 2.45) is 5.92 Å². The van der Waals surface area contributed by atoms with Gasteiger partial charge in [-0.15, -0.1) is 0 Å². The molecule has 1 aromatic carbocycles. The topological polar surface area (TPSA) is 46.0 Å². The van der Waals surface area contributed by atoms with Gasteiger partial charge < -0.3 is 5.11 Å². The van der Waals surface area contributed by atoms with E-state index < -0.39 is 0 Å². The summed E-state index contributed by atoms with van der Waals surface area (Å²) in [5.41, 5.74) is 1.84. The van der Waals surface area contributed by atoms with E-state index in [4.69, 9.17) is 0 Å². The van der Waals surface area contributed by atoms with Crippen molar-refractivity contribution in [1.29, 1.82) is 0 Å². The monoisotopic (exact) mass is 306 g/mol. The Hall–Kier alpha value is -2.18. The summed E-state index contributed by atoms with van der Waals surface area (Å²) in [6.45, 7) is 0. The first-order valence-corrected chi connectivity index (χ1v) is 8.35. The van der Waals surface area contributed by atoms with Crippen LogP contribution in [0.15, 0.2) is 42.7 Å². The lowest BCUT2D eigenvalue weighted by atomic mass is 9.84. The molecule has 3 nitrogen and oxygen atoms in total. The first-order chi connectivity index (χ1) is 11.3. The maximum absolute atomic E-state index is 9.54. The summed E-state index contributed by atoms with van der Waals surface area (Å²) in [6.07, 6.45) is 9.70. The largest absolute Gasteiger partial charge is 0.393 e. The molecule has 0 amide bonds. The molecule has 1 N–H and O–H groups in total. The number of hydrogen-bond donors (Lipinski definition) is 1. The average molecular weight is 306 g/mol. The SMILES string of the molecule is OC1CCC(CCc2ncc(C#Cc3ccccc3)cn2)CC1. The summed E-state index contributed by atoms with van der Waals surface area (Å²) in [6, 6.07) is 9.92. The predicted octanol–water partition coefficient (Wildman–Crippen LogP) is 3.36. The van der Waals surface area contributed by atoms with Crippen molar-refractivity contribution >= 4 is 0 Å². The first kappa shape index (κ1) is 15.7. The second-order valence-corrected chi connectivity index (χ2v) is 6.22. The van der Waals surface area contributed by atoms with Crippen molar-refractivity contribution in [2.45, 2.75) is 44.6 Å². The maximum atomic E-state index is 9.54. The van der Waals surface area contributed by atoms with E-state index in [1.54, 1.807) is 0 Å². The third-order valence-corrected chi connectivity index (χ3v) is 4.42. The smallest absolute Gasteiger partial charge is 0.128 e. The summed E-state index contributed by atoms with van der Waals surface area (Å²) in [4.78, 5) is 8.85. The summed E-state index contributed by atoms with van der Waals surface area (Å²) in [5.74, 6) is 7.81. The Bertz CT molecular complexity index is 662. The third-order valence-electron chi connectivity index (χ3n) is 4.42. The lowest BCUT2D eigenvalue weighted by Crippen LogP contribution is -2.18. The van der Waals surface area contributed by atoms with E-state index >= 15 is 0 Å². The highest BCUT2D eigenvalue weighted by Gasteiger charge is 2.19. The molecule has 0 radical (unpaired) electrons. The second kappa shape index (κ2) is 7.89. The molecule has 3 heteroatoms. The number of aromatic nitrogens is 2. The van der Waals surface area contributed by atoms with Crippen LogP contribution < -0.4 is 0 Å². The van der Waals surface area contributed by atoms with Crippen molar-refractivity contribution in [1.82, 2.24) is 9.97 Å².